The minimum atomic E-state index is -4.60. The molecule has 3 nitrogen and oxygen atoms in total. The van der Waals surface area contributed by atoms with E-state index in [1.165, 1.54) is 12.4 Å². The molecule has 0 saturated heterocycles. The molecule has 1 saturated carbocycles. The predicted octanol–water partition coefficient (Wildman–Crippen LogP) is 8.79. The maximum Gasteiger partial charge on any atom is 0.462 e. The Morgan fingerprint density at radius 1 is 0.892 bits per heavy atom. The van der Waals surface area contributed by atoms with Crippen LogP contribution in [0.2, 0.25) is 0 Å². The van der Waals surface area contributed by atoms with E-state index >= 15 is 0 Å². The molecule has 1 aromatic carbocycles. The summed E-state index contributed by atoms with van der Waals surface area (Å²) >= 11 is 0. The van der Waals surface area contributed by atoms with Crippen LogP contribution < -0.4 is 4.74 Å². The van der Waals surface area contributed by atoms with Gasteiger partial charge in [-0.3, -0.25) is 0 Å². The van der Waals surface area contributed by atoms with Crippen molar-refractivity contribution in [2.45, 2.75) is 70.1 Å². The van der Waals surface area contributed by atoms with Crippen LogP contribution in [0.3, 0.4) is 0 Å². The SMILES string of the molecule is CC1CC=C(/C(F)=C(\F)C2CCC(c3cnc(C(F)(F)Oc4ccc(C(F)(F)F)cc4)nc3)CC2)CC1. The van der Waals surface area contributed by atoms with Gasteiger partial charge in [0.1, 0.15) is 11.6 Å². The Morgan fingerprint density at radius 3 is 2.05 bits per heavy atom. The van der Waals surface area contributed by atoms with Crippen molar-refractivity contribution >= 4 is 0 Å². The lowest BCUT2D eigenvalue weighted by atomic mass is 9.78. The molecule has 1 aromatic heterocycles. The van der Waals surface area contributed by atoms with Gasteiger partial charge in [0, 0.05) is 18.3 Å². The van der Waals surface area contributed by atoms with Crippen LogP contribution >= 0.6 is 0 Å². The molecule has 10 heteroatoms. The number of hydrogen-bond donors (Lipinski definition) is 0. The van der Waals surface area contributed by atoms with Crippen molar-refractivity contribution in [3.63, 3.8) is 0 Å². The topological polar surface area (TPSA) is 35.0 Å². The van der Waals surface area contributed by atoms with Crippen LogP contribution in [0.5, 0.6) is 5.75 Å². The Hall–Kier alpha value is -2.91. The number of hydrogen-bond acceptors (Lipinski definition) is 3. The van der Waals surface area contributed by atoms with Gasteiger partial charge in [0.15, 0.2) is 5.83 Å². The zero-order valence-electron chi connectivity index (χ0n) is 20.2. The van der Waals surface area contributed by atoms with Crippen molar-refractivity contribution in [2.75, 3.05) is 0 Å². The number of aromatic nitrogens is 2. The minimum Gasteiger partial charge on any atom is -0.427 e. The first-order valence-corrected chi connectivity index (χ1v) is 12.2. The lowest BCUT2D eigenvalue weighted by Crippen LogP contribution is -2.25. The van der Waals surface area contributed by atoms with E-state index in [-0.39, 0.29) is 5.92 Å². The molecule has 0 aliphatic heterocycles. The summed E-state index contributed by atoms with van der Waals surface area (Å²) in [5.74, 6) is -2.97. The Balaban J connectivity index is 1.36. The molecular weight excluding hydrogens is 501 g/mol. The van der Waals surface area contributed by atoms with Gasteiger partial charge in [0.05, 0.1) is 5.56 Å². The fourth-order valence-corrected chi connectivity index (χ4v) is 4.78. The first-order chi connectivity index (χ1) is 17.4. The van der Waals surface area contributed by atoms with Gasteiger partial charge >= 0.3 is 12.3 Å². The number of ether oxygens (including phenoxy) is 1. The molecule has 0 spiro atoms. The molecule has 200 valence electrons. The molecule has 0 N–H and O–H groups in total. The zero-order valence-corrected chi connectivity index (χ0v) is 20.2. The van der Waals surface area contributed by atoms with Crippen LogP contribution in [0.25, 0.3) is 0 Å². The summed E-state index contributed by atoms with van der Waals surface area (Å²) in [5.41, 5.74) is 0.0554. The lowest BCUT2D eigenvalue weighted by Gasteiger charge is -2.28. The summed E-state index contributed by atoms with van der Waals surface area (Å²) < 4.78 is 101. The Labute approximate surface area is 210 Å². The van der Waals surface area contributed by atoms with E-state index in [1.807, 2.05) is 0 Å². The summed E-state index contributed by atoms with van der Waals surface area (Å²) in [6.45, 7) is 2.08. The van der Waals surface area contributed by atoms with Gasteiger partial charge < -0.3 is 4.74 Å². The predicted molar refractivity (Wildman–Crippen MR) is 123 cm³/mol. The molecule has 0 bridgehead atoms. The van der Waals surface area contributed by atoms with Crippen LogP contribution in [0.1, 0.15) is 74.7 Å². The van der Waals surface area contributed by atoms with Crippen molar-refractivity contribution < 1.29 is 35.5 Å². The molecule has 2 aliphatic rings. The number of benzene rings is 1. The summed E-state index contributed by atoms with van der Waals surface area (Å²) in [6, 6.07) is 2.88. The van der Waals surface area contributed by atoms with Crippen molar-refractivity contribution in [3.05, 3.63) is 76.9 Å². The third-order valence-corrected chi connectivity index (χ3v) is 7.08. The van der Waals surface area contributed by atoms with Crippen molar-refractivity contribution in [3.8, 4) is 5.75 Å². The van der Waals surface area contributed by atoms with Crippen LogP contribution in [0.4, 0.5) is 30.7 Å². The van der Waals surface area contributed by atoms with Crippen LogP contribution in [0, 0.1) is 11.8 Å². The fraction of sp³-hybridized carbons (Fsp3) is 0.481. The van der Waals surface area contributed by atoms with Gasteiger partial charge in [-0.2, -0.15) is 22.0 Å². The van der Waals surface area contributed by atoms with E-state index < -0.39 is 47.0 Å². The summed E-state index contributed by atoms with van der Waals surface area (Å²) in [6.07, 6.45) is -0.269. The largest absolute Gasteiger partial charge is 0.462 e. The quantitative estimate of drug-likeness (QED) is 0.352. The normalized spacial score (nSPS) is 23.8. The van der Waals surface area contributed by atoms with Crippen molar-refractivity contribution in [1.82, 2.24) is 9.97 Å². The van der Waals surface area contributed by atoms with E-state index in [0.717, 1.165) is 25.0 Å². The third-order valence-electron chi connectivity index (χ3n) is 7.08. The molecule has 1 fully saturated rings. The first kappa shape index (κ1) is 27.1. The molecule has 2 aliphatic carbocycles. The number of halogens is 7. The maximum absolute atomic E-state index is 14.8. The molecule has 1 atom stereocenters. The average molecular weight is 529 g/mol. The molecule has 1 heterocycles. The van der Waals surface area contributed by atoms with E-state index in [2.05, 4.69) is 21.6 Å². The van der Waals surface area contributed by atoms with Gasteiger partial charge in [-0.25, -0.2) is 18.7 Å². The molecule has 2 aromatic rings. The highest BCUT2D eigenvalue weighted by atomic mass is 19.4. The highest BCUT2D eigenvalue weighted by Gasteiger charge is 2.39. The van der Waals surface area contributed by atoms with Crippen LogP contribution in [0.15, 0.2) is 60.0 Å². The summed E-state index contributed by atoms with van der Waals surface area (Å²) in [4.78, 5) is 7.42. The molecule has 1 unspecified atom stereocenters. The highest BCUT2D eigenvalue weighted by molar-refractivity contribution is 5.31. The number of alkyl halides is 5. The molecular formula is C27H27F7N2O. The molecule has 0 amide bonds. The number of allylic oxidation sites excluding steroid dienone is 4. The second-order valence-electron chi connectivity index (χ2n) is 9.80. The Bertz CT molecular complexity index is 1130. The standard InChI is InChI=1S/C27H27F7N2O/c1-16-2-4-18(5-3-16)23(28)24(29)19-8-6-17(7-9-19)20-14-35-25(36-15-20)27(33,34)37-22-12-10-21(11-13-22)26(30,31)32/h4,10-17,19H,2-3,5-9H2,1H3/b24-23+. The minimum absolute atomic E-state index is 0.0830. The molecule has 4 rings (SSSR count). The third kappa shape index (κ3) is 6.51. The second kappa shape index (κ2) is 10.8. The first-order valence-electron chi connectivity index (χ1n) is 12.2. The van der Waals surface area contributed by atoms with E-state index in [4.69, 9.17) is 0 Å². The average Bonchev–Trinajstić information content (AvgIpc) is 2.88. The van der Waals surface area contributed by atoms with Crippen molar-refractivity contribution in [2.24, 2.45) is 11.8 Å². The monoisotopic (exact) mass is 528 g/mol. The van der Waals surface area contributed by atoms with Gasteiger partial charge in [0.2, 0.25) is 5.82 Å². The molecule has 37 heavy (non-hydrogen) atoms. The van der Waals surface area contributed by atoms with Gasteiger partial charge in [-0.15, -0.1) is 0 Å². The van der Waals surface area contributed by atoms with Crippen LogP contribution in [-0.4, -0.2) is 9.97 Å². The second-order valence-corrected chi connectivity index (χ2v) is 9.80. The van der Waals surface area contributed by atoms with E-state index in [1.54, 1.807) is 6.08 Å². The van der Waals surface area contributed by atoms with Gasteiger partial charge in [-0.1, -0.05) is 13.0 Å². The number of nitrogens with zero attached hydrogens (tertiary/aromatic N) is 2. The zero-order chi connectivity index (χ0) is 26.8. The van der Waals surface area contributed by atoms with Gasteiger partial charge in [-0.05, 0) is 92.2 Å². The summed E-state index contributed by atoms with van der Waals surface area (Å²) in [5, 5.41) is 0. The Kier molecular flexibility index (Phi) is 7.94. The molecule has 0 radical (unpaired) electrons. The summed E-state index contributed by atoms with van der Waals surface area (Å²) in [7, 11) is 0. The number of rotatable bonds is 6. The Morgan fingerprint density at radius 2 is 1.51 bits per heavy atom. The highest BCUT2D eigenvalue weighted by Crippen LogP contribution is 2.42. The maximum atomic E-state index is 14.8. The van der Waals surface area contributed by atoms with Gasteiger partial charge in [0.25, 0.3) is 0 Å². The van der Waals surface area contributed by atoms with E-state index in [0.29, 0.717) is 61.3 Å². The lowest BCUT2D eigenvalue weighted by molar-refractivity contribution is -0.192. The van der Waals surface area contributed by atoms with Crippen LogP contribution in [-0.2, 0) is 12.3 Å². The van der Waals surface area contributed by atoms with E-state index in [9.17, 15) is 30.7 Å². The fourth-order valence-electron chi connectivity index (χ4n) is 4.78. The van der Waals surface area contributed by atoms with Crippen molar-refractivity contribution in [1.29, 1.82) is 0 Å². The smallest absolute Gasteiger partial charge is 0.427 e.